The maximum absolute atomic E-state index is 12.5. The molecule has 1 aromatic heterocycles. The Morgan fingerprint density at radius 3 is 2.52 bits per heavy atom. The topological polar surface area (TPSA) is 64.8 Å². The Bertz CT molecular complexity index is 937. The minimum atomic E-state index is -0.127. The van der Waals surface area contributed by atoms with Crippen molar-refractivity contribution in [3.05, 3.63) is 64.8 Å². The van der Waals surface area contributed by atoms with Gasteiger partial charge in [0.05, 0.1) is 26.3 Å². The molecule has 0 saturated heterocycles. The first-order valence-electron chi connectivity index (χ1n) is 8.21. The summed E-state index contributed by atoms with van der Waals surface area (Å²) in [7, 11) is 4.88. The van der Waals surface area contributed by atoms with Crippen molar-refractivity contribution in [1.82, 2.24) is 10.1 Å². The van der Waals surface area contributed by atoms with Crippen LogP contribution in [-0.2, 0) is 6.54 Å². The summed E-state index contributed by atoms with van der Waals surface area (Å²) in [5.74, 6) is 1.72. The molecule has 6 nitrogen and oxygen atoms in total. The van der Waals surface area contributed by atoms with Crippen LogP contribution in [0.3, 0.4) is 0 Å². The third-order valence-electron chi connectivity index (χ3n) is 4.07. The molecule has 2 aromatic carbocycles. The van der Waals surface area contributed by atoms with E-state index in [-0.39, 0.29) is 5.91 Å². The molecule has 0 bridgehead atoms. The zero-order chi connectivity index (χ0) is 19.4. The molecular weight excluding hydrogens is 368 g/mol. The average molecular weight is 387 g/mol. The van der Waals surface area contributed by atoms with Crippen LogP contribution in [0.1, 0.15) is 16.1 Å². The van der Waals surface area contributed by atoms with Gasteiger partial charge in [-0.1, -0.05) is 16.8 Å². The lowest BCUT2D eigenvalue weighted by Crippen LogP contribution is -2.26. The summed E-state index contributed by atoms with van der Waals surface area (Å²) in [6.07, 6.45) is 0. The lowest BCUT2D eigenvalue weighted by atomic mass is 10.1. The van der Waals surface area contributed by atoms with E-state index in [9.17, 15) is 4.79 Å². The summed E-state index contributed by atoms with van der Waals surface area (Å²) in [5.41, 5.74) is 1.94. The van der Waals surface area contributed by atoms with Crippen LogP contribution in [0.2, 0.25) is 5.02 Å². The van der Waals surface area contributed by atoms with Crippen molar-refractivity contribution in [1.29, 1.82) is 0 Å². The van der Waals surface area contributed by atoms with Crippen LogP contribution in [0.4, 0.5) is 0 Å². The first-order valence-corrected chi connectivity index (χ1v) is 8.58. The van der Waals surface area contributed by atoms with E-state index in [1.165, 1.54) is 0 Å². The van der Waals surface area contributed by atoms with Crippen LogP contribution in [0.15, 0.2) is 53.1 Å². The fourth-order valence-electron chi connectivity index (χ4n) is 2.64. The number of rotatable bonds is 6. The van der Waals surface area contributed by atoms with Gasteiger partial charge in [0, 0.05) is 29.8 Å². The number of carbonyl (C=O) groups is 1. The van der Waals surface area contributed by atoms with E-state index in [1.807, 2.05) is 12.1 Å². The van der Waals surface area contributed by atoms with Gasteiger partial charge in [0.1, 0.15) is 17.2 Å². The molecule has 0 unspecified atom stereocenters. The highest BCUT2D eigenvalue weighted by Crippen LogP contribution is 2.33. The molecule has 0 aliphatic carbocycles. The summed E-state index contributed by atoms with van der Waals surface area (Å²) >= 11 is 5.87. The number of halogens is 1. The molecule has 140 valence electrons. The number of hydrogen-bond donors (Lipinski definition) is 0. The Labute approximate surface area is 162 Å². The van der Waals surface area contributed by atoms with Crippen LogP contribution >= 0.6 is 11.6 Å². The molecule has 0 atom stereocenters. The van der Waals surface area contributed by atoms with E-state index in [0.29, 0.717) is 40.1 Å². The van der Waals surface area contributed by atoms with Gasteiger partial charge in [0.25, 0.3) is 5.91 Å². The SMILES string of the molecule is COc1ccc(-c2cc(CN(C)C(=O)c3ccc(Cl)cc3)no2)c(OC)c1. The first kappa shape index (κ1) is 18.8. The Hall–Kier alpha value is -2.99. The van der Waals surface area contributed by atoms with Crippen molar-refractivity contribution in [2.24, 2.45) is 0 Å². The summed E-state index contributed by atoms with van der Waals surface area (Å²) in [4.78, 5) is 14.1. The van der Waals surface area contributed by atoms with E-state index in [0.717, 1.165) is 5.56 Å². The first-order chi connectivity index (χ1) is 13.0. The molecule has 0 radical (unpaired) electrons. The molecule has 0 saturated carbocycles. The van der Waals surface area contributed by atoms with Gasteiger partial charge in [-0.2, -0.15) is 0 Å². The normalized spacial score (nSPS) is 10.5. The molecule has 3 aromatic rings. The zero-order valence-electron chi connectivity index (χ0n) is 15.2. The van der Waals surface area contributed by atoms with Crippen LogP contribution in [0.5, 0.6) is 11.5 Å². The molecule has 1 amide bonds. The van der Waals surface area contributed by atoms with Gasteiger partial charge >= 0.3 is 0 Å². The fraction of sp³-hybridized carbons (Fsp3) is 0.200. The average Bonchev–Trinajstić information content (AvgIpc) is 3.15. The van der Waals surface area contributed by atoms with Gasteiger partial charge in [0.15, 0.2) is 5.76 Å². The highest BCUT2D eigenvalue weighted by molar-refractivity contribution is 6.30. The predicted molar refractivity (Wildman–Crippen MR) is 102 cm³/mol. The smallest absolute Gasteiger partial charge is 0.253 e. The van der Waals surface area contributed by atoms with Crippen LogP contribution in [0.25, 0.3) is 11.3 Å². The van der Waals surface area contributed by atoms with Gasteiger partial charge in [0.2, 0.25) is 0 Å². The molecule has 0 spiro atoms. The second-order valence-corrected chi connectivity index (χ2v) is 6.35. The molecule has 0 fully saturated rings. The zero-order valence-corrected chi connectivity index (χ0v) is 16.0. The second kappa shape index (κ2) is 8.14. The van der Waals surface area contributed by atoms with E-state index >= 15 is 0 Å². The standard InChI is InChI=1S/C20H19ClN2O4/c1-23(20(24)13-4-6-14(21)7-5-13)12-15-10-19(27-22-15)17-9-8-16(25-2)11-18(17)26-3/h4-11H,12H2,1-3H3. The number of nitrogens with zero attached hydrogens (tertiary/aromatic N) is 2. The lowest BCUT2D eigenvalue weighted by Gasteiger charge is -2.15. The number of carbonyl (C=O) groups excluding carboxylic acids is 1. The maximum atomic E-state index is 12.5. The van der Waals surface area contributed by atoms with Crippen LogP contribution < -0.4 is 9.47 Å². The number of hydrogen-bond acceptors (Lipinski definition) is 5. The predicted octanol–water partition coefficient (Wildman–Crippen LogP) is 4.28. The third-order valence-corrected chi connectivity index (χ3v) is 4.32. The fourth-order valence-corrected chi connectivity index (χ4v) is 2.77. The van der Waals surface area contributed by atoms with E-state index < -0.39 is 0 Å². The molecule has 0 aliphatic heterocycles. The van der Waals surface area contributed by atoms with Crippen LogP contribution in [0, 0.1) is 0 Å². The Morgan fingerprint density at radius 1 is 1.11 bits per heavy atom. The van der Waals surface area contributed by atoms with Crippen molar-refractivity contribution in [2.75, 3.05) is 21.3 Å². The summed E-state index contributed by atoms with van der Waals surface area (Å²) in [6, 6.07) is 14.0. The van der Waals surface area contributed by atoms with Gasteiger partial charge in [-0.3, -0.25) is 4.79 Å². The number of amides is 1. The highest BCUT2D eigenvalue weighted by Gasteiger charge is 2.17. The Kier molecular flexibility index (Phi) is 5.66. The van der Waals surface area contributed by atoms with E-state index in [2.05, 4.69) is 5.16 Å². The molecule has 0 N–H and O–H groups in total. The Morgan fingerprint density at radius 2 is 1.85 bits per heavy atom. The minimum Gasteiger partial charge on any atom is -0.497 e. The van der Waals surface area contributed by atoms with Gasteiger partial charge in [-0.15, -0.1) is 0 Å². The van der Waals surface area contributed by atoms with Crippen molar-refractivity contribution in [3.63, 3.8) is 0 Å². The molecule has 7 heteroatoms. The number of aromatic nitrogens is 1. The molecule has 1 heterocycles. The number of methoxy groups -OCH3 is 2. The van der Waals surface area contributed by atoms with E-state index in [4.69, 9.17) is 25.6 Å². The quantitative estimate of drug-likeness (QED) is 0.632. The van der Waals surface area contributed by atoms with Crippen molar-refractivity contribution >= 4 is 17.5 Å². The minimum absolute atomic E-state index is 0.127. The largest absolute Gasteiger partial charge is 0.497 e. The molecule has 27 heavy (non-hydrogen) atoms. The second-order valence-electron chi connectivity index (χ2n) is 5.92. The van der Waals surface area contributed by atoms with E-state index in [1.54, 1.807) is 62.6 Å². The number of benzene rings is 2. The highest BCUT2D eigenvalue weighted by atomic mass is 35.5. The van der Waals surface area contributed by atoms with Crippen molar-refractivity contribution < 1.29 is 18.8 Å². The molecule has 0 aliphatic rings. The van der Waals surface area contributed by atoms with Gasteiger partial charge in [-0.25, -0.2) is 0 Å². The lowest BCUT2D eigenvalue weighted by molar-refractivity contribution is 0.0782. The van der Waals surface area contributed by atoms with Crippen molar-refractivity contribution in [3.8, 4) is 22.8 Å². The summed E-state index contributed by atoms with van der Waals surface area (Å²) in [5, 5.41) is 4.65. The summed E-state index contributed by atoms with van der Waals surface area (Å²) in [6.45, 7) is 0.309. The summed E-state index contributed by atoms with van der Waals surface area (Å²) < 4.78 is 16.0. The molecular formula is C20H19ClN2O4. The number of ether oxygens (including phenoxy) is 2. The third kappa shape index (κ3) is 4.23. The van der Waals surface area contributed by atoms with Gasteiger partial charge in [-0.05, 0) is 36.4 Å². The Balaban J connectivity index is 1.76. The molecule has 3 rings (SSSR count). The van der Waals surface area contributed by atoms with Crippen LogP contribution in [-0.4, -0.2) is 37.2 Å². The van der Waals surface area contributed by atoms with Crippen molar-refractivity contribution in [2.45, 2.75) is 6.54 Å². The monoisotopic (exact) mass is 386 g/mol. The van der Waals surface area contributed by atoms with Gasteiger partial charge < -0.3 is 18.9 Å². The maximum Gasteiger partial charge on any atom is 0.253 e.